The molecule has 0 aliphatic carbocycles. The van der Waals surface area contributed by atoms with Gasteiger partial charge in [0.05, 0.1) is 16.3 Å². The Morgan fingerprint density at radius 1 is 0.391 bits per heavy atom. The molecule has 222 valence electrons. The van der Waals surface area contributed by atoms with Crippen molar-refractivity contribution in [1.82, 2.24) is 15.0 Å². The van der Waals surface area contributed by atoms with Crippen LogP contribution in [-0.2, 0) is 0 Å². The Hall–Kier alpha value is -5.45. The SMILES string of the molecule is [2H]c1cc([2H])c(-c2c([2H])cc([2H])c(-c3nc(-c4ccccc4)nc(-c4cccc(-c5ccccc5)c4)n3)c2[2H])c([2H])c1-c1cccc([Si](C)(C)C)c1. The van der Waals surface area contributed by atoms with E-state index < -0.39 is 8.07 Å². The number of hydrogen-bond donors (Lipinski definition) is 0. The van der Waals surface area contributed by atoms with Crippen LogP contribution >= 0.6 is 0 Å². The molecule has 0 bridgehead atoms. The first kappa shape index (κ1) is 23.0. The minimum Gasteiger partial charge on any atom is -0.208 e. The second kappa shape index (κ2) is 12.5. The highest BCUT2D eigenvalue weighted by Gasteiger charge is 2.17. The van der Waals surface area contributed by atoms with E-state index in [1.54, 1.807) is 0 Å². The maximum atomic E-state index is 9.49. The fourth-order valence-corrected chi connectivity index (χ4v) is 6.43. The minimum atomic E-state index is -1.73. The van der Waals surface area contributed by atoms with E-state index in [0.29, 0.717) is 22.8 Å². The van der Waals surface area contributed by atoms with E-state index in [0.717, 1.165) is 27.4 Å². The van der Waals surface area contributed by atoms with Gasteiger partial charge in [-0.25, -0.2) is 15.0 Å². The van der Waals surface area contributed by atoms with E-state index in [2.05, 4.69) is 25.7 Å². The molecule has 1 aromatic heterocycles. The molecule has 0 N–H and O–H groups in total. The zero-order valence-corrected chi connectivity index (χ0v) is 26.9. The molecule has 0 amide bonds. The van der Waals surface area contributed by atoms with Gasteiger partial charge in [-0.2, -0.15) is 0 Å². The molecule has 3 nitrogen and oxygen atoms in total. The van der Waals surface area contributed by atoms with Crippen molar-refractivity contribution in [1.29, 1.82) is 0 Å². The van der Waals surface area contributed by atoms with Crippen LogP contribution in [0.3, 0.4) is 0 Å². The van der Waals surface area contributed by atoms with E-state index in [9.17, 15) is 2.74 Å². The van der Waals surface area contributed by atoms with Gasteiger partial charge >= 0.3 is 0 Å². The minimum absolute atomic E-state index is 0.0119. The standard InChI is InChI=1S/C42H35N3Si/c1-46(2,3)39-25-13-22-36(29-39)34-20-10-19-33(26-34)35-21-12-24-38(28-35)42-44-40(31-16-8-5-9-17-31)43-41(45-42)37-23-11-18-32(27-37)30-14-6-4-7-15-30/h4-29H,1-3H3/i19D,20D,21D,24D,26D,28D. The molecule has 0 saturated heterocycles. The molecule has 4 heteroatoms. The van der Waals surface area contributed by atoms with Crippen molar-refractivity contribution >= 4 is 13.3 Å². The molecule has 0 aliphatic heterocycles. The second-order valence-electron chi connectivity index (χ2n) is 12.1. The van der Waals surface area contributed by atoms with Gasteiger partial charge in [0.1, 0.15) is 0 Å². The van der Waals surface area contributed by atoms with Gasteiger partial charge in [0.15, 0.2) is 17.5 Å². The summed E-state index contributed by atoms with van der Waals surface area (Å²) in [5.74, 6) is 0.775. The van der Waals surface area contributed by atoms with Crippen LogP contribution in [0.2, 0.25) is 19.6 Å². The van der Waals surface area contributed by atoms with Crippen molar-refractivity contribution in [3.63, 3.8) is 0 Å². The molecular formula is C42H35N3Si. The summed E-state index contributed by atoms with van der Waals surface area (Å²) in [5.41, 5.74) is 4.57. The lowest BCUT2D eigenvalue weighted by Gasteiger charge is -2.17. The van der Waals surface area contributed by atoms with Crippen molar-refractivity contribution in [3.8, 4) is 67.5 Å². The smallest absolute Gasteiger partial charge is 0.164 e. The van der Waals surface area contributed by atoms with Crippen LogP contribution in [0, 0.1) is 0 Å². The van der Waals surface area contributed by atoms with Crippen LogP contribution in [-0.4, -0.2) is 23.0 Å². The third-order valence-corrected chi connectivity index (χ3v) is 9.80. The lowest BCUT2D eigenvalue weighted by atomic mass is 9.98. The van der Waals surface area contributed by atoms with Gasteiger partial charge in [0, 0.05) is 16.7 Å². The summed E-state index contributed by atoms with van der Waals surface area (Å²) < 4.78 is 54.5. The quantitative estimate of drug-likeness (QED) is 0.167. The van der Waals surface area contributed by atoms with Crippen molar-refractivity contribution in [3.05, 3.63) is 158 Å². The molecule has 0 unspecified atom stereocenters. The highest BCUT2D eigenvalue weighted by Crippen LogP contribution is 2.31. The Bertz CT molecular complexity index is 2470. The average Bonchev–Trinajstić information content (AvgIpc) is 3.13. The van der Waals surface area contributed by atoms with E-state index in [-0.39, 0.29) is 58.8 Å². The molecule has 6 aromatic carbocycles. The lowest BCUT2D eigenvalue weighted by Crippen LogP contribution is -2.37. The Morgan fingerprint density at radius 2 is 0.826 bits per heavy atom. The normalized spacial score (nSPS) is 13.2. The van der Waals surface area contributed by atoms with Crippen LogP contribution < -0.4 is 5.19 Å². The topological polar surface area (TPSA) is 38.7 Å². The first-order valence-electron chi connectivity index (χ1n) is 18.2. The number of hydrogen-bond acceptors (Lipinski definition) is 3. The van der Waals surface area contributed by atoms with Gasteiger partial charge < -0.3 is 0 Å². The Labute approximate surface area is 280 Å². The monoisotopic (exact) mass is 615 g/mol. The zero-order valence-electron chi connectivity index (χ0n) is 31.9. The summed E-state index contributed by atoms with van der Waals surface area (Å²) in [6.07, 6.45) is 0. The van der Waals surface area contributed by atoms with Crippen LogP contribution in [0.1, 0.15) is 8.22 Å². The summed E-state index contributed by atoms with van der Waals surface area (Å²) in [6.45, 7) is 6.68. The molecule has 0 aliphatic rings. The number of aromatic nitrogens is 3. The van der Waals surface area contributed by atoms with Crippen molar-refractivity contribution in [2.45, 2.75) is 19.6 Å². The maximum Gasteiger partial charge on any atom is 0.164 e. The summed E-state index contributed by atoms with van der Waals surface area (Å²) in [6, 6.07) is 37.0. The van der Waals surface area contributed by atoms with E-state index >= 15 is 0 Å². The fraction of sp³-hybridized carbons (Fsp3) is 0.0714. The predicted molar refractivity (Wildman–Crippen MR) is 195 cm³/mol. The second-order valence-corrected chi connectivity index (χ2v) is 17.1. The molecule has 1 heterocycles. The first-order chi connectivity index (χ1) is 24.9. The predicted octanol–water partition coefficient (Wildman–Crippen LogP) is 10.4. The summed E-state index contributed by atoms with van der Waals surface area (Å²) in [4.78, 5) is 14.5. The number of rotatable bonds is 7. The summed E-state index contributed by atoms with van der Waals surface area (Å²) >= 11 is 0. The van der Waals surface area contributed by atoms with Gasteiger partial charge in [-0.15, -0.1) is 0 Å². The van der Waals surface area contributed by atoms with Crippen LogP contribution in [0.15, 0.2) is 158 Å². The molecule has 7 rings (SSSR count). The van der Waals surface area contributed by atoms with Crippen LogP contribution in [0.25, 0.3) is 67.5 Å². The summed E-state index contributed by atoms with van der Waals surface area (Å²) in [7, 11) is -1.73. The van der Waals surface area contributed by atoms with E-state index in [1.807, 2.05) is 103 Å². The summed E-state index contributed by atoms with van der Waals surface area (Å²) in [5, 5.41) is 1.16. The van der Waals surface area contributed by atoms with Crippen molar-refractivity contribution in [2.24, 2.45) is 0 Å². The highest BCUT2D eigenvalue weighted by molar-refractivity contribution is 6.88. The largest absolute Gasteiger partial charge is 0.208 e. The van der Waals surface area contributed by atoms with Crippen molar-refractivity contribution < 1.29 is 8.22 Å². The van der Waals surface area contributed by atoms with Gasteiger partial charge in [-0.05, 0) is 51.5 Å². The third-order valence-electron chi connectivity index (χ3n) is 7.75. The third kappa shape index (κ3) is 6.34. The Balaban J connectivity index is 1.45. The molecule has 0 saturated carbocycles. The van der Waals surface area contributed by atoms with E-state index in [4.69, 9.17) is 20.4 Å². The molecule has 0 fully saturated rings. The van der Waals surface area contributed by atoms with Crippen molar-refractivity contribution in [2.75, 3.05) is 0 Å². The Morgan fingerprint density at radius 3 is 1.46 bits per heavy atom. The molecule has 7 aromatic rings. The van der Waals surface area contributed by atoms with Gasteiger partial charge in [-0.1, -0.05) is 164 Å². The van der Waals surface area contributed by atoms with E-state index in [1.165, 1.54) is 12.1 Å². The maximum absolute atomic E-state index is 9.49. The van der Waals surface area contributed by atoms with Crippen LogP contribution in [0.4, 0.5) is 0 Å². The van der Waals surface area contributed by atoms with Crippen LogP contribution in [0.5, 0.6) is 0 Å². The molecule has 0 spiro atoms. The number of nitrogens with zero attached hydrogens (tertiary/aromatic N) is 3. The highest BCUT2D eigenvalue weighted by atomic mass is 28.3. The van der Waals surface area contributed by atoms with Gasteiger partial charge in [-0.3, -0.25) is 0 Å². The Kier molecular flexibility index (Phi) is 6.24. The molecule has 0 atom stereocenters. The zero-order chi connectivity index (χ0) is 36.7. The van der Waals surface area contributed by atoms with Gasteiger partial charge in [0.2, 0.25) is 0 Å². The number of benzene rings is 6. The molecular weight excluding hydrogens is 575 g/mol. The molecule has 46 heavy (non-hydrogen) atoms. The fourth-order valence-electron chi connectivity index (χ4n) is 5.24. The average molecular weight is 616 g/mol. The van der Waals surface area contributed by atoms with Gasteiger partial charge in [0.25, 0.3) is 0 Å². The first-order valence-corrected chi connectivity index (χ1v) is 18.7. The molecule has 0 radical (unpaired) electrons. The lowest BCUT2D eigenvalue weighted by molar-refractivity contribution is 1.07.